The van der Waals surface area contributed by atoms with Gasteiger partial charge in [0.2, 0.25) is 5.91 Å². The average Bonchev–Trinajstić information content (AvgIpc) is 2.69. The number of alkyl carbamates (subject to hydrolysis) is 1. The highest BCUT2D eigenvalue weighted by molar-refractivity contribution is 5.79. The lowest BCUT2D eigenvalue weighted by Crippen LogP contribution is -2.54. The number of carbonyl (C=O) groups excluding carboxylic acids is 2. The molecule has 172 valence electrons. The standard InChI is InChI=1S/C24H28F2N2O4/c1-24(2,3)32-23(30)27-20-14-28(13-15-8-6-5-7-9-15)21(29)12-17(20)22-18(25)10-16(31-4)11-19(22)26/h5-11,17,20H,12-14H2,1-4H3,(H,27,30)/t17-,20-/m1/s1. The lowest BCUT2D eigenvalue weighted by molar-refractivity contribution is -0.135. The van der Waals surface area contributed by atoms with E-state index in [-0.39, 0.29) is 30.2 Å². The van der Waals surface area contributed by atoms with Crippen LogP contribution in [0.5, 0.6) is 5.75 Å². The molecule has 1 aliphatic rings. The number of halogens is 2. The third kappa shape index (κ3) is 5.75. The van der Waals surface area contributed by atoms with Crippen LogP contribution >= 0.6 is 0 Å². The van der Waals surface area contributed by atoms with Gasteiger partial charge in [-0.25, -0.2) is 13.6 Å². The second-order valence-electron chi connectivity index (χ2n) is 8.83. The van der Waals surface area contributed by atoms with Gasteiger partial charge in [0.05, 0.1) is 13.2 Å². The monoisotopic (exact) mass is 446 g/mol. The molecule has 0 aromatic heterocycles. The van der Waals surface area contributed by atoms with Gasteiger partial charge in [-0.1, -0.05) is 30.3 Å². The number of likely N-dealkylation sites (tertiary alicyclic amines) is 1. The molecule has 1 heterocycles. The second-order valence-corrected chi connectivity index (χ2v) is 8.83. The Balaban J connectivity index is 1.91. The summed E-state index contributed by atoms with van der Waals surface area (Å²) in [5.41, 5.74) is -0.0820. The number of piperidine rings is 1. The van der Waals surface area contributed by atoms with Crippen molar-refractivity contribution < 1.29 is 27.8 Å². The van der Waals surface area contributed by atoms with Gasteiger partial charge < -0.3 is 19.7 Å². The first-order valence-electron chi connectivity index (χ1n) is 10.4. The van der Waals surface area contributed by atoms with Crippen LogP contribution in [0.25, 0.3) is 0 Å². The minimum Gasteiger partial charge on any atom is -0.497 e. The van der Waals surface area contributed by atoms with Crippen LogP contribution in [0, 0.1) is 11.6 Å². The van der Waals surface area contributed by atoms with Crippen molar-refractivity contribution in [2.24, 2.45) is 0 Å². The molecule has 2 amide bonds. The Kier molecular flexibility index (Phi) is 7.01. The van der Waals surface area contributed by atoms with Crippen molar-refractivity contribution >= 4 is 12.0 Å². The fourth-order valence-electron chi connectivity index (χ4n) is 3.82. The maximum atomic E-state index is 14.8. The molecule has 32 heavy (non-hydrogen) atoms. The largest absolute Gasteiger partial charge is 0.497 e. The number of ether oxygens (including phenoxy) is 2. The number of rotatable bonds is 5. The molecular formula is C24H28F2N2O4. The first-order valence-corrected chi connectivity index (χ1v) is 10.4. The summed E-state index contributed by atoms with van der Waals surface area (Å²) in [6.07, 6.45) is -0.871. The molecule has 0 unspecified atom stereocenters. The van der Waals surface area contributed by atoms with Crippen molar-refractivity contribution in [3.63, 3.8) is 0 Å². The zero-order chi connectivity index (χ0) is 23.5. The second kappa shape index (κ2) is 9.54. The zero-order valence-electron chi connectivity index (χ0n) is 18.7. The Hall–Kier alpha value is -3.16. The number of amides is 2. The summed E-state index contributed by atoms with van der Waals surface area (Å²) in [5.74, 6) is -2.77. The number of nitrogens with zero attached hydrogens (tertiary/aromatic N) is 1. The third-order valence-corrected chi connectivity index (χ3v) is 5.23. The summed E-state index contributed by atoms with van der Waals surface area (Å²) >= 11 is 0. The smallest absolute Gasteiger partial charge is 0.407 e. The highest BCUT2D eigenvalue weighted by Gasteiger charge is 2.39. The van der Waals surface area contributed by atoms with Crippen LogP contribution < -0.4 is 10.1 Å². The number of hydrogen-bond donors (Lipinski definition) is 1. The van der Waals surface area contributed by atoms with Crippen LogP contribution in [-0.2, 0) is 16.1 Å². The van der Waals surface area contributed by atoms with Crippen LogP contribution in [0.3, 0.4) is 0 Å². The maximum Gasteiger partial charge on any atom is 0.407 e. The Morgan fingerprint density at radius 1 is 1.16 bits per heavy atom. The maximum absolute atomic E-state index is 14.8. The fourth-order valence-corrected chi connectivity index (χ4v) is 3.82. The Morgan fingerprint density at radius 3 is 2.34 bits per heavy atom. The topological polar surface area (TPSA) is 67.9 Å². The fraction of sp³-hybridized carbons (Fsp3) is 0.417. The molecule has 1 N–H and O–H groups in total. The van der Waals surface area contributed by atoms with Gasteiger partial charge in [0.1, 0.15) is 23.0 Å². The molecule has 0 saturated carbocycles. The zero-order valence-corrected chi connectivity index (χ0v) is 18.7. The summed E-state index contributed by atoms with van der Waals surface area (Å²) in [7, 11) is 1.31. The Bertz CT molecular complexity index is 953. The van der Waals surface area contributed by atoms with Crippen LogP contribution in [0.15, 0.2) is 42.5 Å². The quantitative estimate of drug-likeness (QED) is 0.740. The molecule has 2 atom stereocenters. The number of methoxy groups -OCH3 is 1. The highest BCUT2D eigenvalue weighted by atomic mass is 19.1. The van der Waals surface area contributed by atoms with Crippen molar-refractivity contribution in [1.82, 2.24) is 10.2 Å². The predicted molar refractivity (Wildman–Crippen MR) is 115 cm³/mol. The summed E-state index contributed by atoms with van der Waals surface area (Å²) in [6.45, 7) is 5.58. The van der Waals surface area contributed by atoms with Gasteiger partial charge in [-0.05, 0) is 26.3 Å². The van der Waals surface area contributed by atoms with Crippen molar-refractivity contribution in [2.75, 3.05) is 13.7 Å². The minimum absolute atomic E-state index is 0.0354. The lowest BCUT2D eigenvalue weighted by Gasteiger charge is -2.39. The number of carbonyl (C=O) groups is 2. The van der Waals surface area contributed by atoms with E-state index < -0.39 is 35.3 Å². The molecule has 6 nitrogen and oxygen atoms in total. The number of hydrogen-bond acceptors (Lipinski definition) is 4. The van der Waals surface area contributed by atoms with E-state index in [4.69, 9.17) is 9.47 Å². The van der Waals surface area contributed by atoms with Crippen molar-refractivity contribution in [3.8, 4) is 5.75 Å². The van der Waals surface area contributed by atoms with Gasteiger partial charge in [0, 0.05) is 43.1 Å². The van der Waals surface area contributed by atoms with Crippen molar-refractivity contribution in [3.05, 3.63) is 65.2 Å². The molecule has 3 rings (SSSR count). The molecule has 2 aromatic carbocycles. The molecule has 0 aliphatic carbocycles. The first-order chi connectivity index (χ1) is 15.1. The first kappa shape index (κ1) is 23.5. The van der Waals surface area contributed by atoms with Gasteiger partial charge in [-0.3, -0.25) is 4.79 Å². The minimum atomic E-state index is -0.895. The van der Waals surface area contributed by atoms with Crippen LogP contribution in [0.4, 0.5) is 13.6 Å². The van der Waals surface area contributed by atoms with E-state index in [1.165, 1.54) is 7.11 Å². The highest BCUT2D eigenvalue weighted by Crippen LogP contribution is 2.35. The number of nitrogens with one attached hydrogen (secondary N) is 1. The van der Waals surface area contributed by atoms with E-state index in [0.717, 1.165) is 17.7 Å². The molecule has 1 fully saturated rings. The molecule has 0 spiro atoms. The van der Waals surface area contributed by atoms with Gasteiger partial charge in [0.15, 0.2) is 0 Å². The van der Waals surface area contributed by atoms with Crippen LogP contribution in [0.2, 0.25) is 0 Å². The Labute approximate surface area is 186 Å². The van der Waals surface area contributed by atoms with Crippen LogP contribution in [0.1, 0.15) is 44.2 Å². The van der Waals surface area contributed by atoms with E-state index in [1.54, 1.807) is 25.7 Å². The third-order valence-electron chi connectivity index (χ3n) is 5.23. The van der Waals surface area contributed by atoms with Gasteiger partial charge in [-0.2, -0.15) is 0 Å². The molecule has 0 radical (unpaired) electrons. The SMILES string of the molecule is COc1cc(F)c([C@@H]2CC(=O)N(Cc3ccccc3)C[C@H]2NC(=O)OC(C)(C)C)c(F)c1. The van der Waals surface area contributed by atoms with Crippen LogP contribution in [-0.4, -0.2) is 42.2 Å². The summed E-state index contributed by atoms with van der Waals surface area (Å²) in [6, 6.07) is 10.8. The molecule has 1 aliphatic heterocycles. The molecular weight excluding hydrogens is 418 g/mol. The molecule has 8 heteroatoms. The molecule has 2 aromatic rings. The molecule has 1 saturated heterocycles. The van der Waals surface area contributed by atoms with E-state index in [2.05, 4.69) is 5.32 Å². The summed E-state index contributed by atoms with van der Waals surface area (Å²) in [5, 5.41) is 2.72. The normalized spacial score (nSPS) is 18.9. The number of benzene rings is 2. The van der Waals surface area contributed by atoms with Gasteiger partial charge in [-0.15, -0.1) is 0 Å². The van der Waals surface area contributed by atoms with Crippen molar-refractivity contribution in [2.45, 2.75) is 51.3 Å². The van der Waals surface area contributed by atoms with E-state index in [1.807, 2.05) is 30.3 Å². The van der Waals surface area contributed by atoms with Gasteiger partial charge >= 0.3 is 6.09 Å². The Morgan fingerprint density at radius 2 is 1.78 bits per heavy atom. The lowest BCUT2D eigenvalue weighted by atomic mass is 9.84. The summed E-state index contributed by atoms with van der Waals surface area (Å²) in [4.78, 5) is 27.0. The van der Waals surface area contributed by atoms with Gasteiger partial charge in [0.25, 0.3) is 0 Å². The van der Waals surface area contributed by atoms with E-state index in [9.17, 15) is 18.4 Å². The average molecular weight is 446 g/mol. The van der Waals surface area contributed by atoms with E-state index in [0.29, 0.717) is 6.54 Å². The predicted octanol–water partition coefficient (Wildman–Crippen LogP) is 4.38. The summed E-state index contributed by atoms with van der Waals surface area (Å²) < 4.78 is 40.0. The van der Waals surface area contributed by atoms with Crippen molar-refractivity contribution in [1.29, 1.82) is 0 Å². The van der Waals surface area contributed by atoms with E-state index >= 15 is 0 Å². The molecule has 0 bridgehead atoms.